The Kier molecular flexibility index (Phi) is 3.57. The number of carbonyl (C=O) groups is 1. The molecule has 1 N–H and O–H groups in total. The minimum Gasteiger partial charge on any atom is -0.308 e. The van der Waals surface area contributed by atoms with Crippen LogP contribution in [0.25, 0.3) is 0 Å². The quantitative estimate of drug-likeness (QED) is 0.623. The van der Waals surface area contributed by atoms with Gasteiger partial charge in [0, 0.05) is 0 Å². The van der Waals surface area contributed by atoms with Crippen molar-refractivity contribution < 1.29 is 4.79 Å². The molecule has 0 radical (unpaired) electrons. The Bertz CT molecular complexity index is 123. The number of hydrogen-bond donors (Lipinski definition) is 1. The zero-order valence-electron chi connectivity index (χ0n) is 7.18. The fraction of sp³-hybridized carbons (Fsp3) is 0.889. The molecule has 2 atom stereocenters. The van der Waals surface area contributed by atoms with Crippen LogP contribution in [-0.4, -0.2) is 18.9 Å². The fourth-order valence-corrected chi connectivity index (χ4v) is 1.81. The summed E-state index contributed by atoms with van der Waals surface area (Å²) in [6.07, 6.45) is 5.87. The van der Waals surface area contributed by atoms with E-state index in [-0.39, 0.29) is 6.04 Å². The van der Waals surface area contributed by atoms with Gasteiger partial charge in [-0.2, -0.15) is 0 Å². The number of aldehydes is 1. The molecule has 0 saturated carbocycles. The van der Waals surface area contributed by atoms with Gasteiger partial charge in [-0.25, -0.2) is 0 Å². The van der Waals surface area contributed by atoms with Crippen molar-refractivity contribution in [1.29, 1.82) is 0 Å². The second-order valence-corrected chi connectivity index (χ2v) is 3.38. The Morgan fingerprint density at radius 3 is 3.09 bits per heavy atom. The average Bonchev–Trinajstić information content (AvgIpc) is 2.06. The van der Waals surface area contributed by atoms with Crippen LogP contribution in [0, 0.1) is 5.92 Å². The maximum Gasteiger partial charge on any atom is 0.136 e. The highest BCUT2D eigenvalue weighted by molar-refractivity contribution is 5.57. The predicted molar refractivity (Wildman–Crippen MR) is 45.5 cm³/mol. The van der Waals surface area contributed by atoms with E-state index in [9.17, 15) is 4.79 Å². The van der Waals surface area contributed by atoms with Crippen LogP contribution in [0.15, 0.2) is 0 Å². The summed E-state index contributed by atoms with van der Waals surface area (Å²) in [5.74, 6) is 0.788. The van der Waals surface area contributed by atoms with Gasteiger partial charge in [0.15, 0.2) is 0 Å². The van der Waals surface area contributed by atoms with Gasteiger partial charge in [-0.15, -0.1) is 0 Å². The highest BCUT2D eigenvalue weighted by Gasteiger charge is 2.19. The number of carbonyl (C=O) groups excluding carboxylic acids is 1. The molecule has 0 aliphatic carbocycles. The average molecular weight is 155 g/mol. The van der Waals surface area contributed by atoms with Crippen LogP contribution in [0.2, 0.25) is 0 Å². The van der Waals surface area contributed by atoms with E-state index in [4.69, 9.17) is 0 Å². The van der Waals surface area contributed by atoms with Crippen LogP contribution >= 0.6 is 0 Å². The minimum atomic E-state index is 0.139. The third kappa shape index (κ3) is 2.62. The SMILES string of the molecule is CCC[C@@H]1CCN[C@H](C=O)C1. The Hall–Kier alpha value is -0.370. The van der Waals surface area contributed by atoms with Crippen molar-refractivity contribution in [2.45, 2.75) is 38.6 Å². The summed E-state index contributed by atoms with van der Waals surface area (Å²) in [5, 5.41) is 3.19. The topological polar surface area (TPSA) is 29.1 Å². The second kappa shape index (κ2) is 4.50. The van der Waals surface area contributed by atoms with Crippen LogP contribution in [0.1, 0.15) is 32.6 Å². The van der Waals surface area contributed by atoms with Gasteiger partial charge in [-0.1, -0.05) is 19.8 Å². The highest BCUT2D eigenvalue weighted by Crippen LogP contribution is 2.19. The molecule has 2 heteroatoms. The molecule has 1 fully saturated rings. The van der Waals surface area contributed by atoms with E-state index in [0.29, 0.717) is 0 Å². The van der Waals surface area contributed by atoms with Gasteiger partial charge in [-0.3, -0.25) is 0 Å². The van der Waals surface area contributed by atoms with Crippen molar-refractivity contribution in [2.24, 2.45) is 5.92 Å². The molecule has 0 amide bonds. The molecule has 1 aliphatic heterocycles. The van der Waals surface area contributed by atoms with Gasteiger partial charge in [-0.05, 0) is 25.3 Å². The van der Waals surface area contributed by atoms with Gasteiger partial charge < -0.3 is 10.1 Å². The standard InChI is InChI=1S/C9H17NO/c1-2-3-8-4-5-10-9(6-8)7-11/h7-10H,2-6H2,1H3/t8-,9+/m1/s1. The first-order chi connectivity index (χ1) is 5.36. The normalized spacial score (nSPS) is 31.7. The summed E-state index contributed by atoms with van der Waals surface area (Å²) < 4.78 is 0. The van der Waals surface area contributed by atoms with Gasteiger partial charge >= 0.3 is 0 Å². The summed E-state index contributed by atoms with van der Waals surface area (Å²) in [7, 11) is 0. The molecule has 0 spiro atoms. The van der Waals surface area contributed by atoms with Crippen molar-refractivity contribution in [3.05, 3.63) is 0 Å². The molecule has 0 unspecified atom stereocenters. The van der Waals surface area contributed by atoms with Crippen molar-refractivity contribution in [3.63, 3.8) is 0 Å². The van der Waals surface area contributed by atoms with Crippen LogP contribution in [-0.2, 0) is 4.79 Å². The van der Waals surface area contributed by atoms with E-state index in [1.165, 1.54) is 19.3 Å². The van der Waals surface area contributed by atoms with Crippen molar-refractivity contribution in [2.75, 3.05) is 6.54 Å². The van der Waals surface area contributed by atoms with E-state index in [1.54, 1.807) is 0 Å². The van der Waals surface area contributed by atoms with E-state index in [2.05, 4.69) is 12.2 Å². The molecule has 0 aromatic heterocycles. The Morgan fingerprint density at radius 1 is 1.64 bits per heavy atom. The Labute approximate surface area is 68.4 Å². The molecule has 1 rings (SSSR count). The largest absolute Gasteiger partial charge is 0.308 e. The van der Waals surface area contributed by atoms with Crippen LogP contribution in [0.4, 0.5) is 0 Å². The maximum absolute atomic E-state index is 10.4. The molecule has 1 aliphatic rings. The monoisotopic (exact) mass is 155 g/mol. The summed E-state index contributed by atoms with van der Waals surface area (Å²) in [6, 6.07) is 0.139. The maximum atomic E-state index is 10.4. The van der Waals surface area contributed by atoms with E-state index < -0.39 is 0 Å². The van der Waals surface area contributed by atoms with Gasteiger partial charge in [0.05, 0.1) is 6.04 Å². The highest BCUT2D eigenvalue weighted by atomic mass is 16.1. The third-order valence-corrected chi connectivity index (χ3v) is 2.41. The van der Waals surface area contributed by atoms with Crippen molar-refractivity contribution in [3.8, 4) is 0 Å². The minimum absolute atomic E-state index is 0.139. The molecule has 0 bridgehead atoms. The number of hydrogen-bond acceptors (Lipinski definition) is 2. The first-order valence-electron chi connectivity index (χ1n) is 4.55. The van der Waals surface area contributed by atoms with E-state index in [0.717, 1.165) is 25.2 Å². The van der Waals surface area contributed by atoms with Gasteiger partial charge in [0.1, 0.15) is 6.29 Å². The molecule has 0 aromatic carbocycles. The molecule has 64 valence electrons. The zero-order chi connectivity index (χ0) is 8.10. The molecule has 11 heavy (non-hydrogen) atoms. The summed E-state index contributed by atoms with van der Waals surface area (Å²) in [6.45, 7) is 3.23. The smallest absolute Gasteiger partial charge is 0.136 e. The molecular weight excluding hydrogens is 138 g/mol. The summed E-state index contributed by atoms with van der Waals surface area (Å²) in [4.78, 5) is 10.4. The third-order valence-electron chi connectivity index (χ3n) is 2.41. The van der Waals surface area contributed by atoms with Crippen LogP contribution < -0.4 is 5.32 Å². The molecule has 1 saturated heterocycles. The molecular formula is C9H17NO. The Morgan fingerprint density at radius 2 is 2.45 bits per heavy atom. The number of rotatable bonds is 3. The number of piperidine rings is 1. The van der Waals surface area contributed by atoms with Gasteiger partial charge in [0.2, 0.25) is 0 Å². The predicted octanol–water partition coefficient (Wildman–Crippen LogP) is 1.35. The molecule has 0 aromatic rings. The van der Waals surface area contributed by atoms with E-state index >= 15 is 0 Å². The van der Waals surface area contributed by atoms with Crippen LogP contribution in [0.3, 0.4) is 0 Å². The lowest BCUT2D eigenvalue weighted by Gasteiger charge is -2.26. The number of nitrogens with one attached hydrogen (secondary N) is 1. The molecule has 1 heterocycles. The summed E-state index contributed by atoms with van der Waals surface area (Å²) in [5.41, 5.74) is 0. The second-order valence-electron chi connectivity index (χ2n) is 3.38. The lowest BCUT2D eigenvalue weighted by atomic mass is 9.89. The zero-order valence-corrected chi connectivity index (χ0v) is 7.18. The van der Waals surface area contributed by atoms with Crippen LogP contribution in [0.5, 0.6) is 0 Å². The van der Waals surface area contributed by atoms with Crippen molar-refractivity contribution in [1.82, 2.24) is 5.32 Å². The lowest BCUT2D eigenvalue weighted by molar-refractivity contribution is -0.110. The molecule has 2 nitrogen and oxygen atoms in total. The first kappa shape index (κ1) is 8.72. The Balaban J connectivity index is 2.27. The first-order valence-corrected chi connectivity index (χ1v) is 4.55. The van der Waals surface area contributed by atoms with E-state index in [1.807, 2.05) is 0 Å². The van der Waals surface area contributed by atoms with Crippen molar-refractivity contribution >= 4 is 6.29 Å². The fourth-order valence-electron chi connectivity index (χ4n) is 1.81. The summed E-state index contributed by atoms with van der Waals surface area (Å²) >= 11 is 0. The van der Waals surface area contributed by atoms with Gasteiger partial charge in [0.25, 0.3) is 0 Å². The lowest BCUT2D eigenvalue weighted by Crippen LogP contribution is -2.38.